The van der Waals surface area contributed by atoms with Crippen molar-refractivity contribution in [2.24, 2.45) is 0 Å². The molecular formula is H2Ca3O4Si+4. The van der Waals surface area contributed by atoms with Crippen LogP contribution in [-0.4, -0.2) is 128 Å². The standard InChI is InChI=1S/3Ca.O3Si.H2O/c;;;1-4(2)3;/h;;;;1H2/q3*+2;-2;. The molecule has 0 fully saturated rings. The summed E-state index contributed by atoms with van der Waals surface area (Å²) in [5, 5.41) is 0. The van der Waals surface area contributed by atoms with Gasteiger partial charge in [0.2, 0.25) is 0 Å². The molecule has 8 heavy (non-hydrogen) atoms. The van der Waals surface area contributed by atoms with E-state index in [4.69, 9.17) is 14.1 Å². The minimum absolute atomic E-state index is 0. The van der Waals surface area contributed by atoms with E-state index in [1.165, 1.54) is 0 Å². The summed E-state index contributed by atoms with van der Waals surface area (Å²) in [6, 6.07) is 0. The third-order valence-electron chi connectivity index (χ3n) is 0. The zero-order chi connectivity index (χ0) is 3.58. The summed E-state index contributed by atoms with van der Waals surface area (Å²) in [4.78, 5) is 17.0. The van der Waals surface area contributed by atoms with E-state index in [1.54, 1.807) is 0 Å². The van der Waals surface area contributed by atoms with Gasteiger partial charge in [-0.3, -0.25) is 0 Å². The number of hydrogen-bond donors (Lipinski definition) is 0. The molecule has 0 aliphatic heterocycles. The van der Waals surface area contributed by atoms with E-state index in [0.29, 0.717) is 0 Å². The average Bonchev–Trinajstić information content (AvgIpc) is 0.811. The van der Waals surface area contributed by atoms with Gasteiger partial charge >= 0.3 is 113 Å². The topological polar surface area (TPSA) is 94.7 Å². The molecule has 0 aliphatic carbocycles. The van der Waals surface area contributed by atoms with Crippen molar-refractivity contribution in [2.75, 3.05) is 0 Å². The summed E-state index contributed by atoms with van der Waals surface area (Å²) in [7, 11) is -3.63. The van der Waals surface area contributed by atoms with Crippen molar-refractivity contribution in [3.63, 3.8) is 0 Å². The zero-order valence-corrected chi connectivity index (χ0v) is 12.0. The fourth-order valence-electron chi connectivity index (χ4n) is 0. The third-order valence-corrected chi connectivity index (χ3v) is 0. The van der Waals surface area contributed by atoms with E-state index < -0.39 is 9.17 Å². The SMILES string of the molecule is O.O=[Si]([O-])[O-].[Ca+2].[Ca+2].[Ca+2]. The normalized spacial score (nSPS) is 3.00. The van der Waals surface area contributed by atoms with Crippen LogP contribution in [0.25, 0.3) is 0 Å². The fraction of sp³-hybridized carbons (Fsp3) is 0. The molecular weight excluding hydrogens is 212 g/mol. The van der Waals surface area contributed by atoms with Gasteiger partial charge in [-0.05, 0) is 0 Å². The van der Waals surface area contributed by atoms with Crippen LogP contribution in [-0.2, 0) is 4.46 Å². The van der Waals surface area contributed by atoms with Gasteiger partial charge in [0.25, 0.3) is 0 Å². The average molecular weight is 214 g/mol. The van der Waals surface area contributed by atoms with E-state index in [0.717, 1.165) is 0 Å². The predicted octanol–water partition coefficient (Wildman–Crippen LogP) is -4.84. The number of rotatable bonds is 0. The quantitative estimate of drug-likeness (QED) is 0.378. The zero-order valence-electron chi connectivity index (χ0n) is 4.35. The predicted molar refractivity (Wildman–Crippen MR) is 27.3 cm³/mol. The summed E-state index contributed by atoms with van der Waals surface area (Å²) in [6.07, 6.45) is 0. The van der Waals surface area contributed by atoms with Crippen LogP contribution >= 0.6 is 0 Å². The molecule has 8 heteroatoms. The van der Waals surface area contributed by atoms with Crippen molar-refractivity contribution < 1.29 is 19.5 Å². The maximum Gasteiger partial charge on any atom is 2.00 e. The first-order valence-corrected chi connectivity index (χ1v) is 1.84. The molecule has 2 N–H and O–H groups in total. The molecule has 0 unspecified atom stereocenters. The minimum Gasteiger partial charge on any atom is -0.672 e. The van der Waals surface area contributed by atoms with Crippen LogP contribution in [0.5, 0.6) is 0 Å². The Morgan fingerprint density at radius 2 is 1.00 bits per heavy atom. The van der Waals surface area contributed by atoms with Gasteiger partial charge < -0.3 is 19.5 Å². The molecule has 0 saturated carbocycles. The van der Waals surface area contributed by atoms with Gasteiger partial charge in [0.15, 0.2) is 0 Å². The Kier molecular flexibility index (Phi) is 84.6. The second kappa shape index (κ2) is 22.4. The van der Waals surface area contributed by atoms with Gasteiger partial charge in [-0.15, -0.1) is 0 Å². The Labute approximate surface area is 138 Å². The van der Waals surface area contributed by atoms with E-state index in [9.17, 15) is 0 Å². The molecule has 0 rings (SSSR count). The van der Waals surface area contributed by atoms with Gasteiger partial charge in [0, 0.05) is 9.17 Å². The summed E-state index contributed by atoms with van der Waals surface area (Å²) in [5.41, 5.74) is 0. The van der Waals surface area contributed by atoms with Crippen LogP contribution in [0.15, 0.2) is 0 Å². The van der Waals surface area contributed by atoms with Gasteiger partial charge in [-0.1, -0.05) is 0 Å². The van der Waals surface area contributed by atoms with Crippen molar-refractivity contribution in [3.05, 3.63) is 0 Å². The molecule has 0 radical (unpaired) electrons. The Balaban J connectivity index is -0.00000000750. The molecule has 32 valence electrons. The maximum atomic E-state index is 8.52. The Morgan fingerprint density at radius 3 is 1.00 bits per heavy atom. The molecule has 0 atom stereocenters. The fourth-order valence-corrected chi connectivity index (χ4v) is 0. The molecule has 0 amide bonds. The van der Waals surface area contributed by atoms with Crippen molar-refractivity contribution in [2.45, 2.75) is 0 Å². The van der Waals surface area contributed by atoms with Crippen molar-refractivity contribution in [1.82, 2.24) is 0 Å². The van der Waals surface area contributed by atoms with Gasteiger partial charge in [0.1, 0.15) is 0 Å². The second-order valence-corrected chi connectivity index (χ2v) is 0.750. The molecule has 4 nitrogen and oxygen atoms in total. The first-order chi connectivity index (χ1) is 1.73. The summed E-state index contributed by atoms with van der Waals surface area (Å²) < 4.78 is 8.52. The van der Waals surface area contributed by atoms with E-state index >= 15 is 0 Å². The van der Waals surface area contributed by atoms with E-state index in [1.807, 2.05) is 0 Å². The van der Waals surface area contributed by atoms with Crippen LogP contribution in [0.3, 0.4) is 0 Å². The third kappa shape index (κ3) is 58.0. The molecule has 0 saturated heterocycles. The molecule has 0 aromatic carbocycles. The monoisotopic (exact) mass is 214 g/mol. The Bertz CT molecular complexity index is 34.3. The van der Waals surface area contributed by atoms with Gasteiger partial charge in [-0.25, -0.2) is 0 Å². The smallest absolute Gasteiger partial charge is 0.672 e. The molecule has 0 aliphatic rings. The molecule has 0 heterocycles. The molecule has 0 aromatic heterocycles. The van der Waals surface area contributed by atoms with Crippen molar-refractivity contribution in [3.8, 4) is 0 Å². The largest absolute Gasteiger partial charge is 2.00 e. The minimum atomic E-state index is -3.63. The van der Waals surface area contributed by atoms with Crippen LogP contribution in [0, 0.1) is 0 Å². The first-order valence-electron chi connectivity index (χ1n) is 0.612. The van der Waals surface area contributed by atoms with Gasteiger partial charge in [0.05, 0.1) is 0 Å². The Morgan fingerprint density at radius 1 is 1.00 bits per heavy atom. The second-order valence-electron chi connectivity index (χ2n) is 0.250. The van der Waals surface area contributed by atoms with Crippen LogP contribution in [0.1, 0.15) is 0 Å². The molecule has 0 bridgehead atoms. The summed E-state index contributed by atoms with van der Waals surface area (Å²) >= 11 is 0. The molecule has 0 aromatic rings. The van der Waals surface area contributed by atoms with Crippen LogP contribution < -0.4 is 9.59 Å². The summed E-state index contributed by atoms with van der Waals surface area (Å²) in [6.45, 7) is 0. The van der Waals surface area contributed by atoms with Crippen molar-refractivity contribution >= 4 is 122 Å². The van der Waals surface area contributed by atoms with Crippen molar-refractivity contribution in [1.29, 1.82) is 0 Å². The van der Waals surface area contributed by atoms with E-state index in [-0.39, 0.29) is 119 Å². The maximum absolute atomic E-state index is 8.52. The van der Waals surface area contributed by atoms with E-state index in [2.05, 4.69) is 0 Å². The van der Waals surface area contributed by atoms with Crippen LogP contribution in [0.2, 0.25) is 0 Å². The van der Waals surface area contributed by atoms with Crippen LogP contribution in [0.4, 0.5) is 0 Å². The number of hydrogen-bond acceptors (Lipinski definition) is 3. The summed E-state index contributed by atoms with van der Waals surface area (Å²) in [5.74, 6) is 0. The Hall–Kier alpha value is 3.36. The first kappa shape index (κ1) is 30.1. The van der Waals surface area contributed by atoms with Gasteiger partial charge in [-0.2, -0.15) is 0 Å². The molecule has 0 spiro atoms.